The summed E-state index contributed by atoms with van der Waals surface area (Å²) in [5.74, 6) is 0.411. The quantitative estimate of drug-likeness (QED) is 0.797. The molecule has 3 fully saturated rings. The highest BCUT2D eigenvalue weighted by Crippen LogP contribution is 2.41. The first-order valence-electron chi connectivity index (χ1n) is 9.77. The molecule has 1 saturated carbocycles. The lowest BCUT2D eigenvalue weighted by Crippen LogP contribution is -2.51. The van der Waals surface area contributed by atoms with Gasteiger partial charge in [0.1, 0.15) is 0 Å². The molecule has 2 heterocycles. The first-order valence-corrected chi connectivity index (χ1v) is 9.77. The molecule has 0 aromatic heterocycles. The van der Waals surface area contributed by atoms with E-state index in [1.165, 1.54) is 44.9 Å². The fourth-order valence-electron chi connectivity index (χ4n) is 4.96. The van der Waals surface area contributed by atoms with E-state index in [-0.39, 0.29) is 5.41 Å². The van der Waals surface area contributed by atoms with Crippen LogP contribution in [0.5, 0.6) is 0 Å². The number of methoxy groups -OCH3 is 1. The van der Waals surface area contributed by atoms with Gasteiger partial charge >= 0.3 is 0 Å². The van der Waals surface area contributed by atoms with Crippen LogP contribution >= 0.6 is 0 Å². The van der Waals surface area contributed by atoms with Gasteiger partial charge in [-0.05, 0) is 38.6 Å². The predicted octanol–water partition coefficient (Wildman–Crippen LogP) is 3.06. The van der Waals surface area contributed by atoms with Gasteiger partial charge in [0.15, 0.2) is 0 Å². The molecule has 0 bridgehead atoms. The second-order valence-corrected chi connectivity index (χ2v) is 7.89. The Balaban J connectivity index is 1.61. The predicted molar refractivity (Wildman–Crippen MR) is 92.4 cm³/mol. The molecular weight excluding hydrogens is 288 g/mol. The molecule has 3 rings (SSSR count). The van der Waals surface area contributed by atoms with Gasteiger partial charge in [-0.2, -0.15) is 0 Å². The number of amides is 1. The van der Waals surface area contributed by atoms with Gasteiger partial charge in [-0.25, -0.2) is 0 Å². The zero-order valence-corrected chi connectivity index (χ0v) is 14.9. The van der Waals surface area contributed by atoms with Crippen molar-refractivity contribution in [1.82, 2.24) is 9.80 Å². The van der Waals surface area contributed by atoms with Crippen molar-refractivity contribution in [2.45, 2.75) is 70.3 Å². The first kappa shape index (κ1) is 17.2. The molecule has 1 amide bonds. The van der Waals surface area contributed by atoms with Gasteiger partial charge in [0.25, 0.3) is 0 Å². The summed E-state index contributed by atoms with van der Waals surface area (Å²) in [5, 5.41) is 0. The molecule has 0 N–H and O–H groups in total. The average molecular weight is 322 g/mol. The van der Waals surface area contributed by atoms with Gasteiger partial charge in [-0.15, -0.1) is 0 Å². The van der Waals surface area contributed by atoms with Crippen LogP contribution in [0.25, 0.3) is 0 Å². The lowest BCUT2D eigenvalue weighted by atomic mass is 9.78. The first-order chi connectivity index (χ1) is 11.2. The van der Waals surface area contributed by atoms with Crippen molar-refractivity contribution in [2.24, 2.45) is 5.41 Å². The standard InChI is InChI=1S/C19H34N2O2/c1-23-15-14-20-12-7-10-19(18(20)22)11-13-21(16-19)17-8-5-3-2-4-6-9-17/h17H,2-16H2,1H3. The Kier molecular flexibility index (Phi) is 5.97. The van der Waals surface area contributed by atoms with Crippen molar-refractivity contribution in [3.63, 3.8) is 0 Å². The van der Waals surface area contributed by atoms with Gasteiger partial charge in [0.2, 0.25) is 5.91 Å². The molecule has 132 valence electrons. The minimum atomic E-state index is -0.0750. The van der Waals surface area contributed by atoms with Crippen LogP contribution in [0.4, 0.5) is 0 Å². The molecule has 1 unspecified atom stereocenters. The monoisotopic (exact) mass is 322 g/mol. The second-order valence-electron chi connectivity index (χ2n) is 7.89. The van der Waals surface area contributed by atoms with Crippen molar-refractivity contribution in [1.29, 1.82) is 0 Å². The van der Waals surface area contributed by atoms with E-state index in [0.29, 0.717) is 12.5 Å². The maximum absolute atomic E-state index is 13.1. The van der Waals surface area contributed by atoms with E-state index in [1.807, 2.05) is 0 Å². The summed E-state index contributed by atoms with van der Waals surface area (Å²) in [6, 6.07) is 0.733. The number of likely N-dealkylation sites (tertiary alicyclic amines) is 2. The molecule has 4 nitrogen and oxygen atoms in total. The molecule has 0 aromatic rings. The van der Waals surface area contributed by atoms with E-state index in [9.17, 15) is 4.79 Å². The molecule has 23 heavy (non-hydrogen) atoms. The van der Waals surface area contributed by atoms with Crippen LogP contribution in [-0.2, 0) is 9.53 Å². The zero-order chi connectivity index (χ0) is 16.1. The Morgan fingerprint density at radius 1 is 1.04 bits per heavy atom. The summed E-state index contributed by atoms with van der Waals surface area (Å²) in [6.07, 6.45) is 13.0. The van der Waals surface area contributed by atoms with Crippen LogP contribution in [0.1, 0.15) is 64.2 Å². The van der Waals surface area contributed by atoms with Crippen LogP contribution in [0.3, 0.4) is 0 Å². The van der Waals surface area contributed by atoms with Crippen LogP contribution < -0.4 is 0 Å². The van der Waals surface area contributed by atoms with Crippen LogP contribution in [0.2, 0.25) is 0 Å². The highest BCUT2D eigenvalue weighted by molar-refractivity contribution is 5.84. The Hall–Kier alpha value is -0.610. The molecule has 4 heteroatoms. The fourth-order valence-corrected chi connectivity index (χ4v) is 4.96. The number of carbonyl (C=O) groups is 1. The molecule has 1 aliphatic carbocycles. The molecular formula is C19H34N2O2. The lowest BCUT2D eigenvalue weighted by molar-refractivity contribution is -0.146. The number of ether oxygens (including phenoxy) is 1. The van der Waals surface area contributed by atoms with E-state index in [1.54, 1.807) is 7.11 Å². The number of hydrogen-bond donors (Lipinski definition) is 0. The smallest absolute Gasteiger partial charge is 0.230 e. The third-order valence-electron chi connectivity index (χ3n) is 6.36. The number of piperidine rings is 1. The third kappa shape index (κ3) is 3.90. The number of carbonyl (C=O) groups excluding carboxylic acids is 1. The Morgan fingerprint density at radius 3 is 2.52 bits per heavy atom. The average Bonchev–Trinajstić information content (AvgIpc) is 2.94. The van der Waals surface area contributed by atoms with Crippen molar-refractivity contribution in [3.8, 4) is 0 Å². The summed E-state index contributed by atoms with van der Waals surface area (Å²) in [4.78, 5) is 17.8. The molecule has 2 saturated heterocycles. The van der Waals surface area contributed by atoms with Gasteiger partial charge in [0, 0.05) is 32.8 Å². The molecule has 3 aliphatic rings. The topological polar surface area (TPSA) is 32.8 Å². The number of rotatable bonds is 4. The molecule has 1 spiro atoms. The summed E-state index contributed by atoms with van der Waals surface area (Å²) in [7, 11) is 1.72. The van der Waals surface area contributed by atoms with E-state index < -0.39 is 0 Å². The van der Waals surface area contributed by atoms with Gasteiger partial charge in [-0.1, -0.05) is 32.1 Å². The molecule has 0 aromatic carbocycles. The van der Waals surface area contributed by atoms with Crippen LogP contribution in [0.15, 0.2) is 0 Å². The second kappa shape index (κ2) is 7.98. The highest BCUT2D eigenvalue weighted by atomic mass is 16.5. The molecule has 0 radical (unpaired) electrons. The van der Waals surface area contributed by atoms with Gasteiger partial charge < -0.3 is 9.64 Å². The summed E-state index contributed by atoms with van der Waals surface area (Å²) in [5.41, 5.74) is -0.0750. The Labute approximate surface area is 141 Å². The normalized spacial score (nSPS) is 31.5. The maximum atomic E-state index is 13.1. The van der Waals surface area contributed by atoms with E-state index >= 15 is 0 Å². The van der Waals surface area contributed by atoms with Crippen LogP contribution in [-0.4, -0.2) is 61.6 Å². The number of hydrogen-bond acceptors (Lipinski definition) is 3. The van der Waals surface area contributed by atoms with E-state index in [2.05, 4.69) is 9.80 Å². The van der Waals surface area contributed by atoms with E-state index in [0.717, 1.165) is 51.5 Å². The van der Waals surface area contributed by atoms with E-state index in [4.69, 9.17) is 4.74 Å². The van der Waals surface area contributed by atoms with Crippen molar-refractivity contribution in [3.05, 3.63) is 0 Å². The van der Waals surface area contributed by atoms with Crippen molar-refractivity contribution < 1.29 is 9.53 Å². The summed E-state index contributed by atoms with van der Waals surface area (Å²) >= 11 is 0. The summed E-state index contributed by atoms with van der Waals surface area (Å²) < 4.78 is 5.18. The minimum absolute atomic E-state index is 0.0750. The zero-order valence-electron chi connectivity index (χ0n) is 14.9. The minimum Gasteiger partial charge on any atom is -0.383 e. The molecule has 1 atom stereocenters. The Morgan fingerprint density at radius 2 is 1.78 bits per heavy atom. The van der Waals surface area contributed by atoms with Crippen LogP contribution in [0, 0.1) is 5.41 Å². The third-order valence-corrected chi connectivity index (χ3v) is 6.36. The Bertz CT molecular complexity index is 393. The highest BCUT2D eigenvalue weighted by Gasteiger charge is 2.49. The van der Waals surface area contributed by atoms with Gasteiger partial charge in [0.05, 0.1) is 12.0 Å². The lowest BCUT2D eigenvalue weighted by Gasteiger charge is -2.40. The van der Waals surface area contributed by atoms with Crippen molar-refractivity contribution >= 4 is 5.91 Å². The SMILES string of the molecule is COCCN1CCCC2(CCN(C3CCCCCCC3)C2)C1=O. The maximum Gasteiger partial charge on any atom is 0.230 e. The number of nitrogens with zero attached hydrogens (tertiary/aromatic N) is 2. The summed E-state index contributed by atoms with van der Waals surface area (Å²) in [6.45, 7) is 4.50. The largest absolute Gasteiger partial charge is 0.383 e. The fraction of sp³-hybridized carbons (Fsp3) is 0.947. The van der Waals surface area contributed by atoms with Gasteiger partial charge in [-0.3, -0.25) is 9.69 Å². The molecule has 2 aliphatic heterocycles. The van der Waals surface area contributed by atoms with Crippen molar-refractivity contribution in [2.75, 3.05) is 39.9 Å².